The summed E-state index contributed by atoms with van der Waals surface area (Å²) >= 11 is 0. The van der Waals surface area contributed by atoms with Gasteiger partial charge in [-0.3, -0.25) is 4.79 Å². The summed E-state index contributed by atoms with van der Waals surface area (Å²) in [6.07, 6.45) is 10.9. The molecule has 0 unspecified atom stereocenters. The maximum atomic E-state index is 13.6. The Morgan fingerprint density at radius 1 is 0.769 bits per heavy atom. The van der Waals surface area contributed by atoms with Crippen molar-refractivity contribution in [3.05, 3.63) is 0 Å². The van der Waals surface area contributed by atoms with Crippen molar-refractivity contribution in [1.82, 2.24) is 4.90 Å². The van der Waals surface area contributed by atoms with Crippen LogP contribution in [0.2, 0.25) is 0 Å². The molecule has 0 heterocycles. The third-order valence-corrected chi connectivity index (χ3v) is 5.19. The minimum absolute atomic E-state index is 0.0328. The third kappa shape index (κ3) is 9.78. The predicted molar refractivity (Wildman–Crippen MR) is 98.3 cm³/mol. The van der Waals surface area contributed by atoms with Crippen molar-refractivity contribution in [2.45, 2.75) is 96.2 Å². The van der Waals surface area contributed by atoms with Crippen molar-refractivity contribution >= 4 is 16.1 Å². The van der Waals surface area contributed by atoms with E-state index in [9.17, 15) is 25.9 Å². The molecule has 0 aliphatic carbocycles. The lowest BCUT2D eigenvalue weighted by atomic mass is 10.1. The van der Waals surface area contributed by atoms with Gasteiger partial charge in [0.25, 0.3) is 0 Å². The summed E-state index contributed by atoms with van der Waals surface area (Å²) in [5, 5.41) is -5.00. The summed E-state index contributed by atoms with van der Waals surface area (Å²) in [5.74, 6) is -1.94. The van der Waals surface area contributed by atoms with Gasteiger partial charge in [-0.25, -0.2) is 0 Å². The van der Waals surface area contributed by atoms with E-state index in [1.54, 1.807) is 0 Å². The number of amides is 1. The molecule has 0 aromatic rings. The smallest absolute Gasteiger partial charge is 0.336 e. The molecule has 0 rings (SSSR count). The molecule has 0 fully saturated rings. The van der Waals surface area contributed by atoms with Crippen molar-refractivity contribution in [2.24, 2.45) is 0 Å². The molecule has 4 nitrogen and oxygen atoms in total. The number of carbonyl (C=O) groups is 1. The van der Waals surface area contributed by atoms with Gasteiger partial charge in [-0.2, -0.15) is 17.2 Å². The first-order valence-corrected chi connectivity index (χ1v) is 11.2. The monoisotopic (exact) mass is 401 g/mol. The lowest BCUT2D eigenvalue weighted by Gasteiger charge is -2.25. The Labute approximate surface area is 156 Å². The van der Waals surface area contributed by atoms with E-state index in [0.717, 1.165) is 69.1 Å². The summed E-state index contributed by atoms with van der Waals surface area (Å²) in [7, 11) is -6.26. The van der Waals surface area contributed by atoms with E-state index in [4.69, 9.17) is 0 Å². The Kier molecular flexibility index (Phi) is 13.0. The predicted octanol–water partition coefficient (Wildman–Crippen LogP) is 5.43. The van der Waals surface area contributed by atoms with Crippen LogP contribution in [0.25, 0.3) is 0 Å². The van der Waals surface area contributed by atoms with Crippen LogP contribution in [-0.4, -0.2) is 37.6 Å². The van der Waals surface area contributed by atoms with E-state index in [0.29, 0.717) is 12.8 Å². The fourth-order valence-corrected chi connectivity index (χ4v) is 3.11. The first-order valence-electron chi connectivity index (χ1n) is 9.79. The highest BCUT2D eigenvalue weighted by atomic mass is 32.3. The van der Waals surface area contributed by atoms with Crippen LogP contribution >= 0.6 is 0 Å². The summed E-state index contributed by atoms with van der Waals surface area (Å²) < 4.78 is 61.2. The van der Waals surface area contributed by atoms with Crippen LogP contribution in [0.1, 0.15) is 90.9 Å². The van der Waals surface area contributed by atoms with E-state index in [1.165, 1.54) is 0 Å². The van der Waals surface area contributed by atoms with Crippen molar-refractivity contribution in [3.8, 4) is 0 Å². The van der Waals surface area contributed by atoms with Crippen LogP contribution < -0.4 is 0 Å². The second kappa shape index (κ2) is 13.4. The van der Waals surface area contributed by atoms with Crippen LogP contribution in [-0.2, 0) is 15.0 Å². The number of halogens is 3. The second-order valence-electron chi connectivity index (χ2n) is 6.78. The SMILES string of the molecule is CCCCCCCCN(CCCCCCCC)C(=O)C(F)(F)S(=O)(=O)F. The number of rotatable bonds is 16. The fraction of sp³-hybridized carbons (Fsp3) is 0.944. The van der Waals surface area contributed by atoms with Crippen LogP contribution in [0.15, 0.2) is 0 Å². The first kappa shape index (κ1) is 25.2. The molecule has 0 aliphatic heterocycles. The Balaban J connectivity index is 4.60. The Hall–Kier alpha value is -0.790. The van der Waals surface area contributed by atoms with Gasteiger partial charge in [-0.1, -0.05) is 81.9 Å². The third-order valence-electron chi connectivity index (χ3n) is 4.41. The van der Waals surface area contributed by atoms with Gasteiger partial charge in [0.05, 0.1) is 0 Å². The minimum Gasteiger partial charge on any atom is -0.336 e. The van der Waals surface area contributed by atoms with Gasteiger partial charge >= 0.3 is 21.4 Å². The van der Waals surface area contributed by atoms with Gasteiger partial charge in [-0.15, -0.1) is 0 Å². The number of carbonyl (C=O) groups excluding carboxylic acids is 1. The zero-order valence-corrected chi connectivity index (χ0v) is 16.9. The highest BCUT2D eigenvalue weighted by Gasteiger charge is 2.55. The molecule has 0 saturated carbocycles. The highest BCUT2D eigenvalue weighted by Crippen LogP contribution is 2.26. The van der Waals surface area contributed by atoms with Gasteiger partial charge in [0, 0.05) is 13.1 Å². The zero-order valence-electron chi connectivity index (χ0n) is 16.1. The fourth-order valence-electron chi connectivity index (χ4n) is 2.77. The summed E-state index contributed by atoms with van der Waals surface area (Å²) in [5.41, 5.74) is 0. The van der Waals surface area contributed by atoms with Gasteiger partial charge in [-0.05, 0) is 12.8 Å². The molecule has 156 valence electrons. The van der Waals surface area contributed by atoms with E-state index >= 15 is 0 Å². The molecule has 0 radical (unpaired) electrons. The van der Waals surface area contributed by atoms with E-state index in [1.807, 2.05) is 0 Å². The van der Waals surface area contributed by atoms with E-state index in [-0.39, 0.29) is 13.1 Å². The quantitative estimate of drug-likeness (QED) is 0.256. The Morgan fingerprint density at radius 2 is 1.12 bits per heavy atom. The topological polar surface area (TPSA) is 54.5 Å². The standard InChI is InChI=1S/C18H34F3NO3S/c1-3-5-7-9-11-13-15-22(16-14-12-10-8-6-4-2)17(23)18(19,20)26(21,24)25/h3-16H2,1-2H3. The number of hydrogen-bond donors (Lipinski definition) is 0. The van der Waals surface area contributed by atoms with Crippen LogP contribution in [0.5, 0.6) is 0 Å². The minimum atomic E-state index is -6.26. The maximum absolute atomic E-state index is 13.6. The summed E-state index contributed by atoms with van der Waals surface area (Å²) in [4.78, 5) is 12.7. The molecular formula is C18H34F3NO3S. The van der Waals surface area contributed by atoms with Gasteiger partial charge in [0.15, 0.2) is 0 Å². The van der Waals surface area contributed by atoms with Crippen LogP contribution in [0.3, 0.4) is 0 Å². The Bertz CT molecular complexity index is 468. The maximum Gasteiger partial charge on any atom is 0.451 e. The molecule has 0 aromatic carbocycles. The average molecular weight is 402 g/mol. The number of hydrogen-bond acceptors (Lipinski definition) is 3. The molecule has 0 saturated heterocycles. The summed E-state index contributed by atoms with van der Waals surface area (Å²) in [6, 6.07) is 0. The molecule has 0 spiro atoms. The molecule has 0 N–H and O–H groups in total. The number of unbranched alkanes of at least 4 members (excludes halogenated alkanes) is 10. The highest BCUT2D eigenvalue weighted by molar-refractivity contribution is 7.88. The summed E-state index contributed by atoms with van der Waals surface area (Å²) in [6.45, 7) is 4.23. The van der Waals surface area contributed by atoms with Gasteiger partial charge in [0.1, 0.15) is 0 Å². The van der Waals surface area contributed by atoms with Gasteiger partial charge < -0.3 is 4.90 Å². The van der Waals surface area contributed by atoms with Crippen molar-refractivity contribution in [2.75, 3.05) is 13.1 Å². The Morgan fingerprint density at radius 3 is 1.46 bits per heavy atom. The molecule has 26 heavy (non-hydrogen) atoms. The second-order valence-corrected chi connectivity index (χ2v) is 8.17. The molecule has 0 bridgehead atoms. The largest absolute Gasteiger partial charge is 0.451 e. The lowest BCUT2D eigenvalue weighted by molar-refractivity contribution is -0.147. The van der Waals surface area contributed by atoms with Crippen LogP contribution in [0.4, 0.5) is 12.7 Å². The first-order chi connectivity index (χ1) is 12.2. The van der Waals surface area contributed by atoms with Crippen molar-refractivity contribution in [3.63, 3.8) is 0 Å². The van der Waals surface area contributed by atoms with E-state index in [2.05, 4.69) is 13.8 Å². The molecule has 1 amide bonds. The molecular weight excluding hydrogens is 367 g/mol. The normalized spacial score (nSPS) is 12.3. The van der Waals surface area contributed by atoms with Crippen molar-refractivity contribution < 1.29 is 25.9 Å². The van der Waals surface area contributed by atoms with Gasteiger partial charge in [0.2, 0.25) is 0 Å². The number of alkyl halides is 2. The lowest BCUT2D eigenvalue weighted by Crippen LogP contribution is -2.47. The molecule has 0 aromatic heterocycles. The average Bonchev–Trinajstić information content (AvgIpc) is 2.57. The molecule has 0 aliphatic rings. The number of nitrogens with zero attached hydrogens (tertiary/aromatic N) is 1. The van der Waals surface area contributed by atoms with Crippen LogP contribution in [0, 0.1) is 0 Å². The van der Waals surface area contributed by atoms with E-state index < -0.39 is 21.4 Å². The molecule has 0 atom stereocenters. The zero-order chi connectivity index (χ0) is 20.1. The van der Waals surface area contributed by atoms with Crippen molar-refractivity contribution in [1.29, 1.82) is 0 Å². The molecule has 8 heteroatoms.